The van der Waals surface area contributed by atoms with Crippen molar-refractivity contribution in [2.45, 2.75) is 17.5 Å². The minimum absolute atomic E-state index is 0.0911. The Morgan fingerprint density at radius 2 is 1.72 bits per heavy atom. The number of thioether (sulfide) groups is 1. The molecule has 1 aromatic heterocycles. The van der Waals surface area contributed by atoms with Gasteiger partial charge in [-0.15, -0.1) is 11.8 Å². The van der Waals surface area contributed by atoms with Crippen LogP contribution in [0.15, 0.2) is 77.7 Å². The maximum Gasteiger partial charge on any atom is 0.273 e. The van der Waals surface area contributed by atoms with E-state index in [2.05, 4.69) is 34.5 Å². The topological polar surface area (TPSA) is 49.0 Å². The molecule has 7 heteroatoms. The van der Waals surface area contributed by atoms with Crippen molar-refractivity contribution in [2.75, 3.05) is 6.26 Å². The molecule has 0 fully saturated rings. The zero-order valence-corrected chi connectivity index (χ0v) is 19.5. The van der Waals surface area contributed by atoms with Gasteiger partial charge < -0.3 is 4.90 Å². The Morgan fingerprint density at radius 3 is 2.41 bits per heavy atom. The molecule has 4 nitrogen and oxygen atoms in total. The zero-order chi connectivity index (χ0) is 22.2. The number of aromatic amines is 1. The molecule has 0 bridgehead atoms. The summed E-state index contributed by atoms with van der Waals surface area (Å²) in [5, 5.41) is 8.80. The minimum Gasteiger partial charge on any atom is -0.322 e. The minimum atomic E-state index is -0.283. The van der Waals surface area contributed by atoms with E-state index in [1.807, 2.05) is 59.7 Å². The van der Waals surface area contributed by atoms with Crippen LogP contribution < -0.4 is 0 Å². The molecule has 1 atom stereocenters. The second kappa shape index (κ2) is 8.66. The van der Waals surface area contributed by atoms with E-state index >= 15 is 0 Å². The number of hydrogen-bond acceptors (Lipinski definition) is 3. The first-order valence-corrected chi connectivity index (χ1v) is 12.1. The lowest BCUT2D eigenvalue weighted by molar-refractivity contribution is 0.0730. The molecule has 0 saturated heterocycles. The molecule has 1 aliphatic heterocycles. The number of nitrogens with zero attached hydrogens (tertiary/aromatic N) is 2. The highest BCUT2D eigenvalue weighted by Gasteiger charge is 2.42. The van der Waals surface area contributed by atoms with Crippen molar-refractivity contribution in [1.29, 1.82) is 0 Å². The normalized spacial score (nSPS) is 15.3. The van der Waals surface area contributed by atoms with Crippen molar-refractivity contribution >= 4 is 40.9 Å². The molecule has 1 amide bonds. The van der Waals surface area contributed by atoms with Gasteiger partial charge in [-0.2, -0.15) is 5.10 Å². The molecule has 0 aliphatic carbocycles. The van der Waals surface area contributed by atoms with Gasteiger partial charge in [-0.25, -0.2) is 0 Å². The van der Waals surface area contributed by atoms with Crippen LogP contribution in [0.1, 0.15) is 33.2 Å². The van der Waals surface area contributed by atoms with E-state index in [0.717, 1.165) is 27.9 Å². The van der Waals surface area contributed by atoms with Crippen LogP contribution in [0.3, 0.4) is 0 Å². The molecule has 1 aliphatic rings. The second-order valence-electron chi connectivity index (χ2n) is 7.57. The molecule has 0 saturated carbocycles. The molecule has 1 N–H and O–H groups in total. The number of H-pyrrole nitrogens is 1. The summed E-state index contributed by atoms with van der Waals surface area (Å²) < 4.78 is 0. The second-order valence-corrected chi connectivity index (χ2v) is 9.29. The van der Waals surface area contributed by atoms with E-state index < -0.39 is 0 Å². The van der Waals surface area contributed by atoms with Gasteiger partial charge in [0.1, 0.15) is 5.69 Å². The monoisotopic (exact) mass is 479 g/mol. The highest BCUT2D eigenvalue weighted by atomic mass is 35.5. The number of carbonyl (C=O) groups is 1. The largest absolute Gasteiger partial charge is 0.322 e. The molecule has 5 rings (SSSR count). The first kappa shape index (κ1) is 21.1. The van der Waals surface area contributed by atoms with Crippen LogP contribution in [0.5, 0.6) is 0 Å². The molecule has 3 aromatic carbocycles. The van der Waals surface area contributed by atoms with Crippen molar-refractivity contribution in [3.63, 3.8) is 0 Å². The zero-order valence-electron chi connectivity index (χ0n) is 17.2. The summed E-state index contributed by atoms with van der Waals surface area (Å²) >= 11 is 14.2. The van der Waals surface area contributed by atoms with Crippen LogP contribution in [0.2, 0.25) is 10.0 Å². The van der Waals surface area contributed by atoms with Crippen molar-refractivity contribution < 1.29 is 4.79 Å². The molecule has 1 unspecified atom stereocenters. The van der Waals surface area contributed by atoms with Crippen molar-refractivity contribution in [2.24, 2.45) is 0 Å². The maximum atomic E-state index is 13.5. The first-order chi connectivity index (χ1) is 15.6. The molecule has 0 radical (unpaired) electrons. The van der Waals surface area contributed by atoms with Gasteiger partial charge in [0.25, 0.3) is 5.91 Å². The predicted octanol–water partition coefficient (Wildman–Crippen LogP) is 6.85. The molecule has 160 valence electrons. The molecule has 0 spiro atoms. The molecule has 4 aromatic rings. The third kappa shape index (κ3) is 3.71. The van der Waals surface area contributed by atoms with Gasteiger partial charge in [0.2, 0.25) is 0 Å². The van der Waals surface area contributed by atoms with Gasteiger partial charge in [-0.05, 0) is 47.7 Å². The number of rotatable bonds is 5. The van der Waals surface area contributed by atoms with Gasteiger partial charge in [0.15, 0.2) is 0 Å². The fraction of sp³-hybridized carbons (Fsp3) is 0.120. The lowest BCUT2D eigenvalue weighted by Gasteiger charge is -2.27. The average molecular weight is 480 g/mol. The average Bonchev–Trinajstić information content (AvgIpc) is 3.35. The third-order valence-corrected chi connectivity index (χ3v) is 7.08. The lowest BCUT2D eigenvalue weighted by Crippen LogP contribution is -2.29. The summed E-state index contributed by atoms with van der Waals surface area (Å²) in [5.41, 5.74) is 4.98. The summed E-state index contributed by atoms with van der Waals surface area (Å²) in [6.07, 6.45) is 2.05. The SMILES string of the molecule is CSc1ccc(C2c3c(-c4ccc(Cl)cc4)n[nH]c3C(=O)N2Cc2ccccc2Cl)cc1. The summed E-state index contributed by atoms with van der Waals surface area (Å²) in [4.78, 5) is 16.5. The van der Waals surface area contributed by atoms with E-state index in [4.69, 9.17) is 23.2 Å². The fourth-order valence-corrected chi connectivity index (χ4v) is 4.86. The van der Waals surface area contributed by atoms with Crippen LogP contribution >= 0.6 is 35.0 Å². The van der Waals surface area contributed by atoms with Gasteiger partial charge >= 0.3 is 0 Å². The number of nitrogens with one attached hydrogen (secondary N) is 1. The number of hydrogen-bond donors (Lipinski definition) is 1. The van der Waals surface area contributed by atoms with E-state index in [0.29, 0.717) is 22.3 Å². The maximum absolute atomic E-state index is 13.5. The number of benzene rings is 3. The first-order valence-electron chi connectivity index (χ1n) is 10.1. The van der Waals surface area contributed by atoms with Crippen LogP contribution in [0.4, 0.5) is 0 Å². The number of fused-ring (bicyclic) bond motifs is 1. The van der Waals surface area contributed by atoms with Crippen LogP contribution in [0.25, 0.3) is 11.3 Å². The Hall–Kier alpha value is -2.73. The van der Waals surface area contributed by atoms with E-state index in [9.17, 15) is 4.79 Å². The van der Waals surface area contributed by atoms with E-state index in [1.165, 1.54) is 4.90 Å². The van der Waals surface area contributed by atoms with Crippen LogP contribution in [-0.2, 0) is 6.54 Å². The quantitative estimate of drug-likeness (QED) is 0.318. The molecular weight excluding hydrogens is 461 g/mol. The Balaban J connectivity index is 1.64. The number of carbonyl (C=O) groups excluding carboxylic acids is 1. The van der Waals surface area contributed by atoms with Gasteiger partial charge in [-0.3, -0.25) is 9.89 Å². The van der Waals surface area contributed by atoms with Crippen LogP contribution in [0, 0.1) is 0 Å². The van der Waals surface area contributed by atoms with Crippen molar-refractivity contribution in [3.05, 3.63) is 105 Å². The Kier molecular flexibility index (Phi) is 5.72. The van der Waals surface area contributed by atoms with Gasteiger partial charge in [0, 0.05) is 32.6 Å². The number of amides is 1. The van der Waals surface area contributed by atoms with Gasteiger partial charge in [-0.1, -0.05) is 65.7 Å². The smallest absolute Gasteiger partial charge is 0.273 e. The number of aromatic nitrogens is 2. The van der Waals surface area contributed by atoms with Crippen molar-refractivity contribution in [3.8, 4) is 11.3 Å². The Morgan fingerprint density at radius 1 is 1.00 bits per heavy atom. The third-order valence-electron chi connectivity index (χ3n) is 5.71. The lowest BCUT2D eigenvalue weighted by atomic mass is 9.96. The number of halogens is 2. The highest BCUT2D eigenvalue weighted by molar-refractivity contribution is 7.98. The Labute approximate surface area is 200 Å². The van der Waals surface area contributed by atoms with Crippen molar-refractivity contribution in [1.82, 2.24) is 15.1 Å². The molecule has 2 heterocycles. The standard InChI is InChI=1S/C25H19Cl2N3OS/c1-32-19-12-8-16(9-13-19)24-21-22(15-6-10-18(26)11-7-15)28-29-23(21)25(31)30(24)14-17-4-2-3-5-20(17)27/h2-13,24H,14H2,1H3,(H,28,29). The predicted molar refractivity (Wildman–Crippen MR) is 130 cm³/mol. The molecular formula is C25H19Cl2N3OS. The summed E-state index contributed by atoms with van der Waals surface area (Å²) in [6.45, 7) is 0.399. The van der Waals surface area contributed by atoms with Gasteiger partial charge in [0.05, 0.1) is 11.7 Å². The Bertz CT molecular complexity index is 1290. The van der Waals surface area contributed by atoms with E-state index in [1.54, 1.807) is 11.8 Å². The summed E-state index contributed by atoms with van der Waals surface area (Å²) in [7, 11) is 0. The highest BCUT2D eigenvalue weighted by Crippen LogP contribution is 2.44. The van der Waals surface area contributed by atoms with Crippen LogP contribution in [-0.4, -0.2) is 27.3 Å². The fourth-order valence-electron chi connectivity index (χ4n) is 4.13. The van der Waals surface area contributed by atoms with E-state index in [-0.39, 0.29) is 11.9 Å². The summed E-state index contributed by atoms with van der Waals surface area (Å²) in [6, 6.07) is 23.2. The molecule has 32 heavy (non-hydrogen) atoms. The summed E-state index contributed by atoms with van der Waals surface area (Å²) in [5.74, 6) is -0.0911.